The molecule has 224 valence electrons. The highest BCUT2D eigenvalue weighted by Gasteiger charge is 2.51. The van der Waals surface area contributed by atoms with Crippen LogP contribution in [-0.2, 0) is 31.0 Å². The molecule has 0 unspecified atom stereocenters. The van der Waals surface area contributed by atoms with Gasteiger partial charge in [0.1, 0.15) is 30.4 Å². The maximum absolute atomic E-state index is 14.1. The molecule has 0 spiro atoms. The molecule has 1 aliphatic rings. The van der Waals surface area contributed by atoms with E-state index in [1.807, 2.05) is 0 Å². The largest absolute Gasteiger partial charge is 0.492 e. The number of carboxylic acids is 2. The number of nitrogens with zero attached hydrogens (tertiary/aromatic N) is 1. The van der Waals surface area contributed by atoms with Crippen LogP contribution in [-0.4, -0.2) is 59.5 Å². The fraction of sp³-hybridized carbons (Fsp3) is 0.241. The molecule has 4 N–H and O–H groups in total. The number of carboxylic acid groups (broad SMARTS) is 2. The minimum Gasteiger partial charge on any atom is -0.492 e. The van der Waals surface area contributed by atoms with Crippen LogP contribution in [0, 0.1) is 5.41 Å². The van der Waals surface area contributed by atoms with E-state index < -0.39 is 45.9 Å². The first kappa shape index (κ1) is 29.9. The Morgan fingerprint density at radius 3 is 2.49 bits per heavy atom. The van der Waals surface area contributed by atoms with Crippen molar-refractivity contribution in [2.45, 2.75) is 30.3 Å². The van der Waals surface area contributed by atoms with Gasteiger partial charge in [-0.05, 0) is 60.0 Å². The van der Waals surface area contributed by atoms with Crippen LogP contribution in [0.2, 0.25) is 0 Å². The number of hydrogen-bond donors (Lipinski definition) is 4. The molecule has 5 rings (SSSR count). The molecule has 0 saturated heterocycles. The summed E-state index contributed by atoms with van der Waals surface area (Å²) in [5.41, 5.74) is -0.923. The third-order valence-electron chi connectivity index (χ3n) is 7.13. The molecule has 4 aromatic rings. The third-order valence-corrected chi connectivity index (χ3v) is 9.41. The van der Waals surface area contributed by atoms with E-state index in [1.165, 1.54) is 53.8 Å². The average Bonchev–Trinajstić information content (AvgIpc) is 3.60. The molecule has 2 heterocycles. The number of nitrogens with one attached hydrogen (secondary N) is 2. The second-order valence-electron chi connectivity index (χ2n) is 10.2. The molecule has 0 aliphatic heterocycles. The summed E-state index contributed by atoms with van der Waals surface area (Å²) in [5.74, 6) is -3.07. The van der Waals surface area contributed by atoms with Gasteiger partial charge in [-0.15, -0.1) is 11.3 Å². The first-order valence-corrected chi connectivity index (χ1v) is 15.5. The van der Waals surface area contributed by atoms with Gasteiger partial charge in [0, 0.05) is 22.0 Å². The highest BCUT2D eigenvalue weighted by Crippen LogP contribution is 2.46. The number of amides is 1. The summed E-state index contributed by atoms with van der Waals surface area (Å²) in [5, 5.41) is 21.4. The topological polar surface area (TPSA) is 183 Å². The first-order valence-electron chi connectivity index (χ1n) is 13.1. The molecular formula is C29H27N3O9S2. The number of benzene rings is 2. The van der Waals surface area contributed by atoms with Gasteiger partial charge in [-0.25, -0.2) is 8.42 Å². The van der Waals surface area contributed by atoms with E-state index in [0.717, 1.165) is 4.90 Å². The third kappa shape index (κ3) is 6.77. The Labute approximate surface area is 249 Å². The van der Waals surface area contributed by atoms with Crippen LogP contribution in [0.15, 0.2) is 81.8 Å². The zero-order chi connectivity index (χ0) is 30.8. The molecule has 0 bridgehead atoms. The minimum absolute atomic E-state index is 0.0820. The number of aromatic amines is 1. The summed E-state index contributed by atoms with van der Waals surface area (Å²) in [6.07, 6.45) is 0.833. The van der Waals surface area contributed by atoms with Crippen molar-refractivity contribution < 1.29 is 37.8 Å². The van der Waals surface area contributed by atoms with E-state index in [9.17, 15) is 37.8 Å². The van der Waals surface area contributed by atoms with Gasteiger partial charge in [-0.2, -0.15) is 4.72 Å². The number of para-hydroxylation sites is 1. The average molecular weight is 626 g/mol. The van der Waals surface area contributed by atoms with Crippen LogP contribution in [0.5, 0.6) is 5.75 Å². The molecular weight excluding hydrogens is 598 g/mol. The number of pyridine rings is 1. The predicted octanol–water partition coefficient (Wildman–Crippen LogP) is 2.97. The number of fused-ring (bicyclic) bond motifs is 1. The van der Waals surface area contributed by atoms with Crippen LogP contribution in [0.25, 0.3) is 10.9 Å². The Kier molecular flexibility index (Phi) is 8.35. The lowest BCUT2D eigenvalue weighted by molar-refractivity contribution is -0.145. The fourth-order valence-electron chi connectivity index (χ4n) is 4.56. The lowest BCUT2D eigenvalue weighted by Crippen LogP contribution is -2.44. The molecule has 1 aliphatic carbocycles. The van der Waals surface area contributed by atoms with Crippen molar-refractivity contribution in [3.8, 4) is 5.75 Å². The zero-order valence-electron chi connectivity index (χ0n) is 22.6. The van der Waals surface area contributed by atoms with Gasteiger partial charge in [-0.1, -0.05) is 24.3 Å². The Morgan fingerprint density at radius 1 is 1.05 bits per heavy atom. The standard InChI is InChI=1S/C29H27N3O9S2/c33-24-10-7-18-14-20(8-9-22(18)30-24)43(39,40)31-26(27(36)32(16-25(34)35)15-19-4-3-13-42-19)21-5-1-2-6-23(21)41-17-29(11-12-29)28(37)38/h1-10,13-14,26,31H,11-12,15-17H2,(H,30,33)(H,34,35)(H,37,38)/t26-/m0/s1. The summed E-state index contributed by atoms with van der Waals surface area (Å²) >= 11 is 1.31. The maximum Gasteiger partial charge on any atom is 0.323 e. The lowest BCUT2D eigenvalue weighted by atomic mass is 10.0. The van der Waals surface area contributed by atoms with E-state index in [4.69, 9.17) is 4.74 Å². The van der Waals surface area contributed by atoms with E-state index in [-0.39, 0.29) is 34.9 Å². The summed E-state index contributed by atoms with van der Waals surface area (Å²) in [4.78, 5) is 53.4. The highest BCUT2D eigenvalue weighted by atomic mass is 32.2. The molecule has 2 aromatic carbocycles. The van der Waals surface area contributed by atoms with Crippen molar-refractivity contribution in [3.63, 3.8) is 0 Å². The van der Waals surface area contributed by atoms with Crippen LogP contribution < -0.4 is 15.0 Å². The molecule has 1 fully saturated rings. The number of H-pyrrole nitrogens is 1. The monoisotopic (exact) mass is 625 g/mol. The predicted molar refractivity (Wildman–Crippen MR) is 156 cm³/mol. The zero-order valence-corrected chi connectivity index (χ0v) is 24.2. The summed E-state index contributed by atoms with van der Waals surface area (Å²) in [6, 6.07) is 14.7. The van der Waals surface area contributed by atoms with Gasteiger partial charge in [0.05, 0.1) is 11.4 Å². The van der Waals surface area contributed by atoms with Crippen LogP contribution in [0.4, 0.5) is 0 Å². The van der Waals surface area contributed by atoms with E-state index in [1.54, 1.807) is 29.6 Å². The molecule has 0 radical (unpaired) electrons. The number of aliphatic carboxylic acids is 2. The van der Waals surface area contributed by atoms with Crippen LogP contribution >= 0.6 is 11.3 Å². The van der Waals surface area contributed by atoms with Crippen molar-refractivity contribution in [2.75, 3.05) is 13.2 Å². The smallest absolute Gasteiger partial charge is 0.323 e. The van der Waals surface area contributed by atoms with Gasteiger partial charge in [0.15, 0.2) is 0 Å². The number of carbonyl (C=O) groups excluding carboxylic acids is 1. The van der Waals surface area contributed by atoms with Crippen molar-refractivity contribution in [2.24, 2.45) is 5.41 Å². The molecule has 43 heavy (non-hydrogen) atoms. The Balaban J connectivity index is 1.54. The second-order valence-corrected chi connectivity index (χ2v) is 13.0. The summed E-state index contributed by atoms with van der Waals surface area (Å²) in [6.45, 7) is -0.983. The summed E-state index contributed by atoms with van der Waals surface area (Å²) in [7, 11) is -4.42. The quantitative estimate of drug-likeness (QED) is 0.174. The van der Waals surface area contributed by atoms with E-state index >= 15 is 0 Å². The number of sulfonamides is 1. The van der Waals surface area contributed by atoms with Gasteiger partial charge in [0.2, 0.25) is 21.5 Å². The van der Waals surface area contributed by atoms with Gasteiger partial charge < -0.3 is 24.8 Å². The van der Waals surface area contributed by atoms with Gasteiger partial charge in [0.25, 0.3) is 0 Å². The Bertz CT molecular complexity index is 1850. The van der Waals surface area contributed by atoms with Crippen LogP contribution in [0.1, 0.15) is 29.3 Å². The number of hydrogen-bond acceptors (Lipinski definition) is 8. The number of thiophene rings is 1. The molecule has 12 nitrogen and oxygen atoms in total. The fourth-order valence-corrected chi connectivity index (χ4v) is 6.48. The number of ether oxygens (including phenoxy) is 1. The summed E-state index contributed by atoms with van der Waals surface area (Å²) < 4.78 is 35.8. The SMILES string of the molecule is O=C(O)CN(Cc1cccs1)C(=O)[C@@H](NS(=O)(=O)c1ccc2[nH]c(=O)ccc2c1)c1ccccc1OCC1(C(=O)O)CC1. The van der Waals surface area contributed by atoms with Crippen molar-refractivity contribution in [1.29, 1.82) is 0 Å². The lowest BCUT2D eigenvalue weighted by Gasteiger charge is -2.28. The minimum atomic E-state index is -4.42. The second kappa shape index (κ2) is 12.0. The number of rotatable bonds is 13. The molecule has 14 heteroatoms. The normalized spacial score (nSPS) is 14.6. The highest BCUT2D eigenvalue weighted by molar-refractivity contribution is 7.89. The van der Waals surface area contributed by atoms with Gasteiger partial charge >= 0.3 is 11.9 Å². The van der Waals surface area contributed by atoms with Crippen molar-refractivity contribution in [3.05, 3.63) is 92.9 Å². The van der Waals surface area contributed by atoms with E-state index in [0.29, 0.717) is 28.6 Å². The molecule has 1 atom stereocenters. The Hall–Kier alpha value is -4.53. The van der Waals surface area contributed by atoms with Crippen molar-refractivity contribution >= 4 is 50.1 Å². The molecule has 1 saturated carbocycles. The van der Waals surface area contributed by atoms with Crippen LogP contribution in [0.3, 0.4) is 0 Å². The number of aromatic nitrogens is 1. The first-order chi connectivity index (χ1) is 20.5. The van der Waals surface area contributed by atoms with Crippen molar-refractivity contribution in [1.82, 2.24) is 14.6 Å². The Morgan fingerprint density at radius 2 is 1.81 bits per heavy atom. The molecule has 1 amide bonds. The maximum atomic E-state index is 14.1. The number of carbonyl (C=O) groups is 3. The van der Waals surface area contributed by atoms with Gasteiger partial charge in [-0.3, -0.25) is 19.2 Å². The molecule has 2 aromatic heterocycles. The van der Waals surface area contributed by atoms with E-state index in [2.05, 4.69) is 9.71 Å².